The van der Waals surface area contributed by atoms with E-state index >= 15 is 0 Å². The summed E-state index contributed by atoms with van der Waals surface area (Å²) in [6.45, 7) is 0.145. The lowest BCUT2D eigenvalue weighted by Gasteiger charge is -2.10. The number of nitrogens with zero attached hydrogens (tertiary/aromatic N) is 2. The molecular formula is C13H11F3N2O2. The molecule has 20 heavy (non-hydrogen) atoms. The van der Waals surface area contributed by atoms with Gasteiger partial charge in [-0.25, -0.2) is 9.78 Å². The van der Waals surface area contributed by atoms with Crippen LogP contribution in [0.15, 0.2) is 36.7 Å². The zero-order valence-corrected chi connectivity index (χ0v) is 10.3. The molecule has 0 spiro atoms. The second-order valence-electron chi connectivity index (χ2n) is 4.27. The van der Waals surface area contributed by atoms with Gasteiger partial charge in [-0.15, -0.1) is 0 Å². The Morgan fingerprint density at radius 3 is 2.75 bits per heavy atom. The highest BCUT2D eigenvalue weighted by Crippen LogP contribution is 2.20. The van der Waals surface area contributed by atoms with Crippen LogP contribution >= 0.6 is 0 Å². The molecule has 1 N–H and O–H groups in total. The van der Waals surface area contributed by atoms with Crippen molar-refractivity contribution in [1.82, 2.24) is 9.55 Å². The fourth-order valence-electron chi connectivity index (χ4n) is 1.83. The van der Waals surface area contributed by atoms with Gasteiger partial charge < -0.3 is 9.67 Å². The molecule has 2 aromatic rings. The van der Waals surface area contributed by atoms with Crippen LogP contribution in [0.1, 0.15) is 21.7 Å². The zero-order chi connectivity index (χ0) is 14.8. The maximum atomic E-state index is 12.4. The first-order valence-corrected chi connectivity index (χ1v) is 5.74. The van der Waals surface area contributed by atoms with Gasteiger partial charge in [-0.2, -0.15) is 13.2 Å². The van der Waals surface area contributed by atoms with E-state index in [0.717, 1.165) is 0 Å². The summed E-state index contributed by atoms with van der Waals surface area (Å²) in [5, 5.41) is 8.87. The summed E-state index contributed by atoms with van der Waals surface area (Å²) >= 11 is 0. The second-order valence-corrected chi connectivity index (χ2v) is 4.27. The van der Waals surface area contributed by atoms with Gasteiger partial charge in [-0.3, -0.25) is 0 Å². The van der Waals surface area contributed by atoms with Crippen molar-refractivity contribution in [2.24, 2.45) is 0 Å². The molecule has 0 bridgehead atoms. The predicted molar refractivity (Wildman–Crippen MR) is 64.5 cm³/mol. The van der Waals surface area contributed by atoms with Crippen LogP contribution in [0.5, 0.6) is 0 Å². The van der Waals surface area contributed by atoms with Gasteiger partial charge in [0.15, 0.2) is 0 Å². The molecule has 0 amide bonds. The molecule has 0 saturated heterocycles. The van der Waals surface area contributed by atoms with E-state index in [4.69, 9.17) is 5.11 Å². The average molecular weight is 284 g/mol. The van der Waals surface area contributed by atoms with E-state index in [-0.39, 0.29) is 17.9 Å². The fraction of sp³-hybridized carbons (Fsp3) is 0.231. The third-order valence-corrected chi connectivity index (χ3v) is 2.69. The van der Waals surface area contributed by atoms with Gasteiger partial charge in [0.1, 0.15) is 12.2 Å². The molecule has 0 radical (unpaired) electrons. The average Bonchev–Trinajstić information content (AvgIpc) is 2.74. The van der Waals surface area contributed by atoms with E-state index in [0.29, 0.717) is 5.56 Å². The number of halogens is 3. The molecule has 1 heterocycles. The molecule has 106 valence electrons. The lowest BCUT2D eigenvalue weighted by atomic mass is 10.1. The van der Waals surface area contributed by atoms with Gasteiger partial charge in [0, 0.05) is 18.9 Å². The molecule has 2 rings (SSSR count). The first kappa shape index (κ1) is 14.1. The SMILES string of the molecule is O=C(O)c1cccc(Cn2ccnc2CC(F)(F)F)c1. The highest BCUT2D eigenvalue weighted by atomic mass is 19.4. The predicted octanol–water partition coefficient (Wildman–Crippen LogP) is 2.73. The molecule has 0 aliphatic heterocycles. The summed E-state index contributed by atoms with van der Waals surface area (Å²) in [5.74, 6) is -1.17. The Labute approximate surface area is 112 Å². The Hall–Kier alpha value is -2.31. The van der Waals surface area contributed by atoms with Crippen molar-refractivity contribution in [2.45, 2.75) is 19.1 Å². The number of aromatic carboxylic acids is 1. The first-order valence-electron chi connectivity index (χ1n) is 5.74. The van der Waals surface area contributed by atoms with Gasteiger partial charge in [0.2, 0.25) is 0 Å². The summed E-state index contributed by atoms with van der Waals surface area (Å²) in [4.78, 5) is 14.5. The van der Waals surface area contributed by atoms with Crippen LogP contribution in [0, 0.1) is 0 Å². The molecule has 0 fully saturated rings. The van der Waals surface area contributed by atoms with Crippen molar-refractivity contribution in [3.05, 3.63) is 53.6 Å². The number of carboxylic acids is 1. The lowest BCUT2D eigenvalue weighted by molar-refractivity contribution is -0.128. The van der Waals surface area contributed by atoms with Crippen molar-refractivity contribution in [3.8, 4) is 0 Å². The number of rotatable bonds is 4. The van der Waals surface area contributed by atoms with Gasteiger partial charge in [0.05, 0.1) is 5.56 Å². The molecular weight excluding hydrogens is 273 g/mol. The van der Waals surface area contributed by atoms with Crippen molar-refractivity contribution in [2.75, 3.05) is 0 Å². The van der Waals surface area contributed by atoms with Crippen LogP contribution in [0.2, 0.25) is 0 Å². The Balaban J connectivity index is 2.20. The monoisotopic (exact) mass is 284 g/mol. The van der Waals surface area contributed by atoms with E-state index in [1.165, 1.54) is 29.1 Å². The normalized spacial score (nSPS) is 11.6. The molecule has 7 heteroatoms. The maximum absolute atomic E-state index is 12.4. The van der Waals surface area contributed by atoms with Crippen molar-refractivity contribution < 1.29 is 23.1 Å². The Morgan fingerprint density at radius 2 is 2.10 bits per heavy atom. The Kier molecular flexibility index (Phi) is 3.78. The lowest BCUT2D eigenvalue weighted by Crippen LogP contribution is -2.16. The first-order chi connectivity index (χ1) is 9.35. The van der Waals surface area contributed by atoms with Crippen molar-refractivity contribution in [1.29, 1.82) is 0 Å². The fourth-order valence-corrected chi connectivity index (χ4v) is 1.83. The zero-order valence-electron chi connectivity index (χ0n) is 10.3. The number of benzene rings is 1. The summed E-state index contributed by atoms with van der Waals surface area (Å²) in [6, 6.07) is 6.07. The minimum atomic E-state index is -4.33. The van der Waals surface area contributed by atoms with E-state index < -0.39 is 18.6 Å². The van der Waals surface area contributed by atoms with Gasteiger partial charge in [0.25, 0.3) is 0 Å². The van der Waals surface area contributed by atoms with Crippen LogP contribution in [-0.2, 0) is 13.0 Å². The summed E-state index contributed by atoms with van der Waals surface area (Å²) in [6.07, 6.45) is -2.71. The Morgan fingerprint density at radius 1 is 1.35 bits per heavy atom. The minimum Gasteiger partial charge on any atom is -0.478 e. The largest absolute Gasteiger partial charge is 0.478 e. The number of imidazole rings is 1. The molecule has 1 aromatic heterocycles. The molecule has 0 aliphatic rings. The third-order valence-electron chi connectivity index (χ3n) is 2.69. The number of aromatic nitrogens is 2. The third kappa shape index (κ3) is 3.59. The molecule has 0 aliphatic carbocycles. The molecule has 0 saturated carbocycles. The minimum absolute atomic E-state index is 0.0972. The summed E-state index contributed by atoms with van der Waals surface area (Å²) in [5.41, 5.74) is 0.700. The summed E-state index contributed by atoms with van der Waals surface area (Å²) in [7, 11) is 0. The smallest absolute Gasteiger partial charge is 0.396 e. The number of hydrogen-bond donors (Lipinski definition) is 1. The van der Waals surface area contributed by atoms with E-state index in [2.05, 4.69) is 4.98 Å². The highest BCUT2D eigenvalue weighted by molar-refractivity contribution is 5.87. The number of carbonyl (C=O) groups is 1. The molecule has 1 aromatic carbocycles. The van der Waals surface area contributed by atoms with Gasteiger partial charge >= 0.3 is 12.1 Å². The van der Waals surface area contributed by atoms with E-state index in [1.54, 1.807) is 12.1 Å². The second kappa shape index (κ2) is 5.36. The van der Waals surface area contributed by atoms with Crippen molar-refractivity contribution in [3.63, 3.8) is 0 Å². The quantitative estimate of drug-likeness (QED) is 0.939. The van der Waals surface area contributed by atoms with E-state index in [1.807, 2.05) is 0 Å². The van der Waals surface area contributed by atoms with Gasteiger partial charge in [-0.1, -0.05) is 12.1 Å². The van der Waals surface area contributed by atoms with Crippen LogP contribution in [0.4, 0.5) is 13.2 Å². The molecule has 0 unspecified atom stereocenters. The van der Waals surface area contributed by atoms with Gasteiger partial charge in [-0.05, 0) is 17.7 Å². The van der Waals surface area contributed by atoms with Crippen LogP contribution in [0.25, 0.3) is 0 Å². The topological polar surface area (TPSA) is 55.1 Å². The van der Waals surface area contributed by atoms with Crippen LogP contribution in [0.3, 0.4) is 0 Å². The number of carboxylic acid groups (broad SMARTS) is 1. The Bertz CT molecular complexity index is 620. The van der Waals surface area contributed by atoms with E-state index in [9.17, 15) is 18.0 Å². The van der Waals surface area contributed by atoms with Crippen molar-refractivity contribution >= 4 is 5.97 Å². The van der Waals surface area contributed by atoms with Crippen LogP contribution in [-0.4, -0.2) is 26.8 Å². The molecule has 4 nitrogen and oxygen atoms in total. The maximum Gasteiger partial charge on any atom is 0.396 e. The van der Waals surface area contributed by atoms with Crippen LogP contribution < -0.4 is 0 Å². The number of hydrogen-bond acceptors (Lipinski definition) is 2. The summed E-state index contributed by atoms with van der Waals surface area (Å²) < 4.78 is 38.5. The highest BCUT2D eigenvalue weighted by Gasteiger charge is 2.30. The molecule has 0 atom stereocenters. The standard InChI is InChI=1S/C13H11F3N2O2/c14-13(15,16)7-11-17-4-5-18(11)8-9-2-1-3-10(6-9)12(19)20/h1-6H,7-8H2,(H,19,20). The number of alkyl halides is 3.